The minimum absolute atomic E-state index is 0.000413. The van der Waals surface area contributed by atoms with Crippen LogP contribution in [0.4, 0.5) is 0 Å². The van der Waals surface area contributed by atoms with E-state index in [4.69, 9.17) is 10.00 Å². The van der Waals surface area contributed by atoms with Crippen LogP contribution in [0.25, 0.3) is 0 Å². The first-order chi connectivity index (χ1) is 14.7. The van der Waals surface area contributed by atoms with E-state index in [-0.39, 0.29) is 5.91 Å². The number of carbonyl (C=O) groups is 1. The van der Waals surface area contributed by atoms with Crippen molar-refractivity contribution in [3.8, 4) is 17.6 Å². The molecule has 5 heteroatoms. The number of piperazine rings is 1. The highest BCUT2D eigenvalue weighted by Crippen LogP contribution is 2.26. The summed E-state index contributed by atoms with van der Waals surface area (Å²) in [6.07, 6.45) is 0. The number of ether oxygens (including phenoxy) is 1. The van der Waals surface area contributed by atoms with Gasteiger partial charge < -0.3 is 9.64 Å². The summed E-state index contributed by atoms with van der Waals surface area (Å²) in [6, 6.07) is 26.7. The number of nitrogens with zero attached hydrogens (tertiary/aromatic N) is 3. The van der Waals surface area contributed by atoms with Crippen LogP contribution in [-0.2, 0) is 6.54 Å². The molecule has 0 unspecified atom stereocenters. The molecule has 0 aromatic heterocycles. The molecule has 30 heavy (non-hydrogen) atoms. The number of rotatable bonds is 5. The molecule has 1 saturated heterocycles. The quantitative estimate of drug-likeness (QED) is 0.644. The van der Waals surface area contributed by atoms with Crippen LogP contribution in [0.5, 0.6) is 11.5 Å². The standard InChI is InChI=1S/C25H23N3O2/c26-18-20-10-12-21(13-11-20)19-27-14-16-28(17-15-27)25(29)23-8-4-5-9-24(23)30-22-6-2-1-3-7-22/h1-13H,14-17,19H2. The highest BCUT2D eigenvalue weighted by molar-refractivity contribution is 5.97. The highest BCUT2D eigenvalue weighted by Gasteiger charge is 2.24. The molecule has 1 fully saturated rings. The lowest BCUT2D eigenvalue weighted by molar-refractivity contribution is 0.0626. The Morgan fingerprint density at radius 1 is 0.867 bits per heavy atom. The van der Waals surface area contributed by atoms with E-state index in [1.165, 1.54) is 5.56 Å². The lowest BCUT2D eigenvalue weighted by Crippen LogP contribution is -2.48. The van der Waals surface area contributed by atoms with Gasteiger partial charge in [-0.3, -0.25) is 9.69 Å². The Labute approximate surface area is 176 Å². The van der Waals surface area contributed by atoms with Crippen molar-refractivity contribution in [1.82, 2.24) is 9.80 Å². The second kappa shape index (κ2) is 9.25. The smallest absolute Gasteiger partial charge is 0.257 e. The fourth-order valence-electron chi connectivity index (χ4n) is 3.57. The van der Waals surface area contributed by atoms with Gasteiger partial charge in [0.2, 0.25) is 0 Å². The van der Waals surface area contributed by atoms with Gasteiger partial charge in [0, 0.05) is 32.7 Å². The average molecular weight is 397 g/mol. The Morgan fingerprint density at radius 3 is 2.23 bits per heavy atom. The third-order valence-corrected chi connectivity index (χ3v) is 5.24. The number of para-hydroxylation sites is 2. The molecule has 0 atom stereocenters. The van der Waals surface area contributed by atoms with Crippen molar-refractivity contribution in [3.63, 3.8) is 0 Å². The number of hydrogen-bond donors (Lipinski definition) is 0. The number of nitriles is 1. The minimum atomic E-state index is -0.000413. The van der Waals surface area contributed by atoms with Crippen molar-refractivity contribution in [2.24, 2.45) is 0 Å². The van der Waals surface area contributed by atoms with Gasteiger partial charge in [0.15, 0.2) is 0 Å². The summed E-state index contributed by atoms with van der Waals surface area (Å²) in [7, 11) is 0. The maximum atomic E-state index is 13.1. The second-order valence-corrected chi connectivity index (χ2v) is 7.29. The van der Waals surface area contributed by atoms with Gasteiger partial charge >= 0.3 is 0 Å². The van der Waals surface area contributed by atoms with Gasteiger partial charge in [-0.15, -0.1) is 0 Å². The summed E-state index contributed by atoms with van der Waals surface area (Å²) in [5.74, 6) is 1.29. The summed E-state index contributed by atoms with van der Waals surface area (Å²) >= 11 is 0. The molecular formula is C25H23N3O2. The molecule has 0 N–H and O–H groups in total. The summed E-state index contributed by atoms with van der Waals surface area (Å²) < 4.78 is 5.96. The number of carbonyl (C=O) groups excluding carboxylic acids is 1. The van der Waals surface area contributed by atoms with Crippen LogP contribution in [0.2, 0.25) is 0 Å². The number of benzene rings is 3. The van der Waals surface area contributed by atoms with Gasteiger partial charge in [-0.25, -0.2) is 0 Å². The molecule has 0 saturated carbocycles. The van der Waals surface area contributed by atoms with E-state index in [1.54, 1.807) is 0 Å². The zero-order chi connectivity index (χ0) is 20.8. The highest BCUT2D eigenvalue weighted by atomic mass is 16.5. The normalized spacial score (nSPS) is 14.2. The molecule has 0 spiro atoms. The molecule has 0 aliphatic carbocycles. The van der Waals surface area contributed by atoms with E-state index in [0.29, 0.717) is 35.7 Å². The van der Waals surface area contributed by atoms with E-state index in [2.05, 4.69) is 11.0 Å². The van der Waals surface area contributed by atoms with Gasteiger partial charge in [0.25, 0.3) is 5.91 Å². The first-order valence-electron chi connectivity index (χ1n) is 10.1. The Hall–Kier alpha value is -3.62. The number of hydrogen-bond acceptors (Lipinski definition) is 4. The van der Waals surface area contributed by atoms with Crippen molar-refractivity contribution in [3.05, 3.63) is 95.6 Å². The third kappa shape index (κ3) is 4.68. The lowest BCUT2D eigenvalue weighted by Gasteiger charge is -2.35. The molecular weight excluding hydrogens is 374 g/mol. The molecule has 1 aliphatic heterocycles. The summed E-state index contributed by atoms with van der Waals surface area (Å²) in [5, 5.41) is 8.92. The summed E-state index contributed by atoms with van der Waals surface area (Å²) in [4.78, 5) is 17.4. The predicted molar refractivity (Wildman–Crippen MR) is 115 cm³/mol. The monoisotopic (exact) mass is 397 g/mol. The fraction of sp³-hybridized carbons (Fsp3) is 0.200. The molecule has 1 aliphatic rings. The van der Waals surface area contributed by atoms with Crippen molar-refractivity contribution in [2.45, 2.75) is 6.54 Å². The average Bonchev–Trinajstić information content (AvgIpc) is 2.81. The van der Waals surface area contributed by atoms with E-state index < -0.39 is 0 Å². The lowest BCUT2D eigenvalue weighted by atomic mass is 10.1. The van der Waals surface area contributed by atoms with E-state index >= 15 is 0 Å². The Balaban J connectivity index is 1.38. The van der Waals surface area contributed by atoms with Crippen molar-refractivity contribution >= 4 is 5.91 Å². The molecule has 1 heterocycles. The Kier molecular flexibility index (Phi) is 6.07. The second-order valence-electron chi connectivity index (χ2n) is 7.29. The molecule has 1 amide bonds. The first-order valence-corrected chi connectivity index (χ1v) is 10.1. The molecule has 0 bridgehead atoms. The Morgan fingerprint density at radius 2 is 1.53 bits per heavy atom. The topological polar surface area (TPSA) is 56.6 Å². The van der Waals surface area contributed by atoms with Gasteiger partial charge in [-0.2, -0.15) is 5.26 Å². The van der Waals surface area contributed by atoms with Crippen LogP contribution in [0.15, 0.2) is 78.9 Å². The van der Waals surface area contributed by atoms with Crippen LogP contribution in [0, 0.1) is 11.3 Å². The SMILES string of the molecule is N#Cc1ccc(CN2CCN(C(=O)c3ccccc3Oc3ccccc3)CC2)cc1. The molecule has 3 aromatic carbocycles. The maximum Gasteiger partial charge on any atom is 0.257 e. The molecule has 3 aromatic rings. The van der Waals surface area contributed by atoms with E-state index in [9.17, 15) is 4.79 Å². The fourth-order valence-corrected chi connectivity index (χ4v) is 3.57. The largest absolute Gasteiger partial charge is 0.457 e. The molecule has 5 nitrogen and oxygen atoms in total. The van der Waals surface area contributed by atoms with Gasteiger partial charge in [-0.1, -0.05) is 42.5 Å². The van der Waals surface area contributed by atoms with E-state index in [0.717, 1.165) is 19.6 Å². The molecule has 0 radical (unpaired) electrons. The maximum absolute atomic E-state index is 13.1. The molecule has 4 rings (SSSR count). The van der Waals surface area contributed by atoms with Gasteiger partial charge in [0.1, 0.15) is 11.5 Å². The van der Waals surface area contributed by atoms with Gasteiger partial charge in [0.05, 0.1) is 17.2 Å². The van der Waals surface area contributed by atoms with Gasteiger partial charge in [-0.05, 0) is 42.0 Å². The first kappa shape index (κ1) is 19.7. The van der Waals surface area contributed by atoms with Crippen molar-refractivity contribution in [1.29, 1.82) is 5.26 Å². The summed E-state index contributed by atoms with van der Waals surface area (Å²) in [5.41, 5.74) is 2.43. The zero-order valence-electron chi connectivity index (χ0n) is 16.7. The van der Waals surface area contributed by atoms with Crippen molar-refractivity contribution < 1.29 is 9.53 Å². The zero-order valence-corrected chi connectivity index (χ0v) is 16.7. The third-order valence-electron chi connectivity index (χ3n) is 5.24. The minimum Gasteiger partial charge on any atom is -0.457 e. The van der Waals surface area contributed by atoms with Crippen LogP contribution in [0.3, 0.4) is 0 Å². The molecule has 150 valence electrons. The van der Waals surface area contributed by atoms with Crippen LogP contribution in [0.1, 0.15) is 21.5 Å². The van der Waals surface area contributed by atoms with Crippen LogP contribution in [-0.4, -0.2) is 41.9 Å². The van der Waals surface area contributed by atoms with E-state index in [1.807, 2.05) is 83.8 Å². The van der Waals surface area contributed by atoms with Crippen LogP contribution >= 0.6 is 0 Å². The van der Waals surface area contributed by atoms with Crippen molar-refractivity contribution in [2.75, 3.05) is 26.2 Å². The number of amides is 1. The summed E-state index contributed by atoms with van der Waals surface area (Å²) in [6.45, 7) is 3.80. The Bertz CT molecular complexity index is 1030. The van der Waals surface area contributed by atoms with Crippen LogP contribution < -0.4 is 4.74 Å². The predicted octanol–water partition coefficient (Wildman–Crippen LogP) is 4.31.